The number of hydrogen-bond acceptors (Lipinski definition) is 8. The topological polar surface area (TPSA) is 102 Å². The number of fused-ring (bicyclic) bond motifs is 1. The lowest BCUT2D eigenvalue weighted by Gasteiger charge is -2.35. The number of thioether (sulfide) groups is 1. The van der Waals surface area contributed by atoms with Crippen molar-refractivity contribution in [3.8, 4) is 0 Å². The first-order chi connectivity index (χ1) is 13.2. The lowest BCUT2D eigenvalue weighted by molar-refractivity contribution is -0.159. The Morgan fingerprint density at radius 2 is 1.86 bits per heavy atom. The van der Waals surface area contributed by atoms with E-state index in [1.807, 2.05) is 40.9 Å². The highest BCUT2D eigenvalue weighted by atomic mass is 127. The van der Waals surface area contributed by atoms with Gasteiger partial charge in [0.15, 0.2) is 10.9 Å². The number of nitrogens with zero attached hydrogens (tertiary/aromatic N) is 2. The lowest BCUT2D eigenvalue weighted by atomic mass is 9.85. The highest BCUT2D eigenvalue weighted by Crippen LogP contribution is 2.46. The maximum Gasteiger partial charge on any atom is 0.209 e. The van der Waals surface area contributed by atoms with E-state index < -0.39 is 21.3 Å². The quantitative estimate of drug-likeness (QED) is 0.314. The standard InChI is InChI=1S/C18H29IN4O4S2/c1-9-12(19)15(22-16(20-9)28-6)21-11-8-10(17(2,3)23-29(7,24)25)13-14(11)27-18(4,5)26-13/h10-11,13-14,23H,8H2,1-7H3,(H,20,21,22)/t10-,11?,13+,14-/m0/s1. The normalized spacial score (nSPS) is 29.1. The molecule has 2 aliphatic rings. The predicted octanol–water partition coefficient (Wildman–Crippen LogP) is 2.76. The molecule has 2 N–H and O–H groups in total. The molecule has 29 heavy (non-hydrogen) atoms. The molecule has 0 spiro atoms. The van der Waals surface area contributed by atoms with Crippen LogP contribution in [0.25, 0.3) is 0 Å². The van der Waals surface area contributed by atoms with E-state index >= 15 is 0 Å². The van der Waals surface area contributed by atoms with Crippen molar-refractivity contribution in [1.29, 1.82) is 0 Å². The highest BCUT2D eigenvalue weighted by Gasteiger charge is 2.58. The molecule has 1 unspecified atom stereocenters. The molecule has 3 rings (SSSR count). The Labute approximate surface area is 190 Å². The Hall–Kier alpha value is -0.210. The molecule has 1 aliphatic carbocycles. The van der Waals surface area contributed by atoms with Crippen molar-refractivity contribution in [3.63, 3.8) is 0 Å². The van der Waals surface area contributed by atoms with Crippen LogP contribution < -0.4 is 10.0 Å². The molecule has 0 bridgehead atoms. The van der Waals surface area contributed by atoms with Crippen molar-refractivity contribution < 1.29 is 17.9 Å². The van der Waals surface area contributed by atoms with Gasteiger partial charge < -0.3 is 14.8 Å². The van der Waals surface area contributed by atoms with Gasteiger partial charge in [-0.1, -0.05) is 11.8 Å². The largest absolute Gasteiger partial charge is 0.364 e. The molecule has 8 nitrogen and oxygen atoms in total. The van der Waals surface area contributed by atoms with Crippen LogP contribution in [0.1, 0.15) is 39.8 Å². The molecule has 2 heterocycles. The fraction of sp³-hybridized carbons (Fsp3) is 0.778. The van der Waals surface area contributed by atoms with Gasteiger partial charge in [0.1, 0.15) is 11.9 Å². The first kappa shape index (κ1) is 23.5. The minimum atomic E-state index is -3.37. The van der Waals surface area contributed by atoms with Crippen LogP contribution in [-0.4, -0.2) is 60.5 Å². The molecule has 0 amide bonds. The van der Waals surface area contributed by atoms with Crippen molar-refractivity contribution in [2.75, 3.05) is 17.8 Å². The molecule has 4 atom stereocenters. The zero-order chi connectivity index (χ0) is 21.8. The van der Waals surface area contributed by atoms with Crippen LogP contribution in [0.4, 0.5) is 5.82 Å². The summed E-state index contributed by atoms with van der Waals surface area (Å²) in [6.07, 6.45) is 3.38. The number of nitrogens with one attached hydrogen (secondary N) is 2. The van der Waals surface area contributed by atoms with E-state index in [4.69, 9.17) is 9.47 Å². The summed E-state index contributed by atoms with van der Waals surface area (Å²) in [6.45, 7) is 9.54. The highest BCUT2D eigenvalue weighted by molar-refractivity contribution is 14.1. The van der Waals surface area contributed by atoms with Crippen LogP contribution in [0.3, 0.4) is 0 Å². The Morgan fingerprint density at radius 1 is 1.24 bits per heavy atom. The van der Waals surface area contributed by atoms with Crippen LogP contribution in [0.2, 0.25) is 0 Å². The first-order valence-corrected chi connectivity index (χ1v) is 13.6. The molecule has 1 saturated heterocycles. The number of rotatable bonds is 6. The third-order valence-corrected chi connectivity index (χ3v) is 8.08. The zero-order valence-corrected chi connectivity index (χ0v) is 21.5. The third kappa shape index (κ3) is 5.17. The summed E-state index contributed by atoms with van der Waals surface area (Å²) in [6, 6.07) is -0.0649. The van der Waals surface area contributed by atoms with E-state index in [9.17, 15) is 8.42 Å². The average molecular weight is 556 g/mol. The minimum Gasteiger partial charge on any atom is -0.364 e. The first-order valence-electron chi connectivity index (χ1n) is 9.41. The number of ether oxygens (including phenoxy) is 2. The molecular weight excluding hydrogens is 527 g/mol. The molecular formula is C18H29IN4O4S2. The van der Waals surface area contributed by atoms with Crippen molar-refractivity contribution >= 4 is 50.2 Å². The minimum absolute atomic E-state index is 0.0649. The second kappa shape index (κ2) is 8.05. The summed E-state index contributed by atoms with van der Waals surface area (Å²) < 4.78 is 40.0. The number of aryl methyl sites for hydroxylation is 1. The monoisotopic (exact) mass is 556 g/mol. The van der Waals surface area contributed by atoms with Gasteiger partial charge in [0, 0.05) is 11.5 Å². The van der Waals surface area contributed by atoms with Gasteiger partial charge in [0.05, 0.1) is 27.7 Å². The summed E-state index contributed by atoms with van der Waals surface area (Å²) in [5.74, 6) is -0.0231. The van der Waals surface area contributed by atoms with Gasteiger partial charge in [-0.25, -0.2) is 23.1 Å². The molecule has 1 aromatic heterocycles. The maximum absolute atomic E-state index is 11.9. The van der Waals surface area contributed by atoms with Gasteiger partial charge in [-0.3, -0.25) is 0 Å². The van der Waals surface area contributed by atoms with E-state index in [1.54, 1.807) is 0 Å². The Bertz CT molecular complexity index is 894. The second-order valence-electron chi connectivity index (χ2n) is 8.71. The van der Waals surface area contributed by atoms with Crippen LogP contribution in [-0.2, 0) is 19.5 Å². The average Bonchev–Trinajstić information content (AvgIpc) is 3.03. The molecule has 0 aromatic carbocycles. The molecule has 1 aliphatic heterocycles. The summed E-state index contributed by atoms with van der Waals surface area (Å²) in [5.41, 5.74) is 0.233. The number of anilines is 1. The molecule has 164 valence electrons. The fourth-order valence-electron chi connectivity index (χ4n) is 4.28. The summed E-state index contributed by atoms with van der Waals surface area (Å²) in [5, 5.41) is 4.25. The molecule has 0 radical (unpaired) electrons. The van der Waals surface area contributed by atoms with Crippen LogP contribution >= 0.6 is 34.4 Å². The van der Waals surface area contributed by atoms with Crippen molar-refractivity contribution in [2.45, 2.75) is 75.8 Å². The van der Waals surface area contributed by atoms with E-state index in [-0.39, 0.29) is 24.2 Å². The van der Waals surface area contributed by atoms with Gasteiger partial charge in [0.25, 0.3) is 0 Å². The van der Waals surface area contributed by atoms with Gasteiger partial charge >= 0.3 is 0 Å². The fourth-order valence-corrected chi connectivity index (χ4v) is 6.19. The number of hydrogen-bond donors (Lipinski definition) is 2. The van der Waals surface area contributed by atoms with E-state index in [0.29, 0.717) is 11.6 Å². The second-order valence-corrected chi connectivity index (χ2v) is 12.3. The molecule has 1 aromatic rings. The Balaban J connectivity index is 1.92. The SMILES string of the molecule is CSc1nc(C)c(I)c(NC2C[C@H](C(C)(C)NS(C)(=O)=O)[C@H]3OC(C)(C)O[C@@H]23)n1. The third-order valence-electron chi connectivity index (χ3n) is 5.34. The molecule has 11 heteroatoms. The number of aromatic nitrogens is 2. The van der Waals surface area contributed by atoms with Gasteiger partial charge in [-0.05, 0) is 69.9 Å². The lowest BCUT2D eigenvalue weighted by Crippen LogP contribution is -2.52. The smallest absolute Gasteiger partial charge is 0.209 e. The van der Waals surface area contributed by atoms with Crippen LogP contribution in [0.5, 0.6) is 0 Å². The summed E-state index contributed by atoms with van der Waals surface area (Å²) in [4.78, 5) is 9.12. The van der Waals surface area contributed by atoms with Gasteiger partial charge in [-0.2, -0.15) is 0 Å². The number of halogens is 1. The van der Waals surface area contributed by atoms with Crippen molar-refractivity contribution in [1.82, 2.24) is 14.7 Å². The van der Waals surface area contributed by atoms with Crippen LogP contribution in [0.15, 0.2) is 5.16 Å². The van der Waals surface area contributed by atoms with Gasteiger partial charge in [0.2, 0.25) is 10.0 Å². The maximum atomic E-state index is 11.9. The van der Waals surface area contributed by atoms with Gasteiger partial charge in [-0.15, -0.1) is 0 Å². The summed E-state index contributed by atoms with van der Waals surface area (Å²) >= 11 is 3.75. The van der Waals surface area contributed by atoms with Crippen molar-refractivity contribution in [2.24, 2.45) is 5.92 Å². The van der Waals surface area contributed by atoms with E-state index in [1.165, 1.54) is 18.0 Å². The predicted molar refractivity (Wildman–Crippen MR) is 123 cm³/mol. The zero-order valence-electron chi connectivity index (χ0n) is 17.7. The molecule has 1 saturated carbocycles. The van der Waals surface area contributed by atoms with E-state index in [0.717, 1.165) is 15.1 Å². The van der Waals surface area contributed by atoms with Crippen molar-refractivity contribution in [3.05, 3.63) is 9.26 Å². The molecule has 2 fully saturated rings. The van der Waals surface area contributed by atoms with Crippen LogP contribution in [0, 0.1) is 16.4 Å². The Morgan fingerprint density at radius 3 is 2.45 bits per heavy atom. The number of sulfonamides is 1. The Kier molecular flexibility index (Phi) is 6.51. The van der Waals surface area contributed by atoms with E-state index in [2.05, 4.69) is 42.6 Å². The summed E-state index contributed by atoms with van der Waals surface area (Å²) in [7, 11) is -3.37.